The lowest BCUT2D eigenvalue weighted by Crippen LogP contribution is -2.22. The average molecular weight is 310 g/mol. The van der Waals surface area contributed by atoms with Gasteiger partial charge in [0.2, 0.25) is 5.91 Å². The molecule has 2 aromatic carbocycles. The minimum atomic E-state index is -0.473. The molecule has 118 valence electrons. The normalized spacial score (nSPS) is 10.8. The van der Waals surface area contributed by atoms with Gasteiger partial charge >= 0.3 is 5.76 Å². The highest BCUT2D eigenvalue weighted by molar-refractivity contribution is 5.77. The van der Waals surface area contributed by atoms with Gasteiger partial charge in [0.25, 0.3) is 0 Å². The molecule has 23 heavy (non-hydrogen) atoms. The van der Waals surface area contributed by atoms with Gasteiger partial charge in [0.15, 0.2) is 5.58 Å². The Morgan fingerprint density at radius 1 is 1.13 bits per heavy atom. The molecule has 5 heteroatoms. The lowest BCUT2D eigenvalue weighted by molar-refractivity contribution is -0.121. The minimum absolute atomic E-state index is 0.00589. The van der Waals surface area contributed by atoms with Gasteiger partial charge in [-0.1, -0.05) is 35.9 Å². The molecule has 1 aromatic heterocycles. The molecule has 0 unspecified atom stereocenters. The molecule has 0 aliphatic rings. The van der Waals surface area contributed by atoms with Crippen molar-refractivity contribution in [2.45, 2.75) is 26.3 Å². The van der Waals surface area contributed by atoms with Gasteiger partial charge in [0, 0.05) is 13.0 Å². The van der Waals surface area contributed by atoms with Crippen molar-refractivity contribution in [1.29, 1.82) is 0 Å². The highest BCUT2D eigenvalue weighted by atomic mass is 16.4. The maximum atomic E-state index is 11.9. The average Bonchev–Trinajstić information content (AvgIpc) is 2.91. The van der Waals surface area contributed by atoms with E-state index in [4.69, 9.17) is 4.42 Å². The van der Waals surface area contributed by atoms with Crippen LogP contribution in [0.4, 0.5) is 0 Å². The van der Waals surface area contributed by atoms with Crippen LogP contribution in [0, 0.1) is 6.92 Å². The molecule has 3 aromatic rings. The third-order valence-corrected chi connectivity index (χ3v) is 3.73. The molecule has 1 heterocycles. The maximum absolute atomic E-state index is 11.9. The lowest BCUT2D eigenvalue weighted by Gasteiger charge is -2.06. The van der Waals surface area contributed by atoms with Gasteiger partial charge in [-0.15, -0.1) is 0 Å². The van der Waals surface area contributed by atoms with Crippen molar-refractivity contribution < 1.29 is 9.21 Å². The molecule has 0 radical (unpaired) electrons. The Bertz CT molecular complexity index is 875. The van der Waals surface area contributed by atoms with Crippen molar-refractivity contribution in [3.63, 3.8) is 0 Å². The number of carbonyl (C=O) groups excluding carboxylic acids is 1. The standard InChI is InChI=1S/C18H18N2O3/c1-12-2-4-13(5-3-12)7-9-17(21)19-11-14-6-8-16-15(10-14)20-18(22)23-16/h2-6,8,10H,7,9,11H2,1H3,(H,19,21)(H,20,22). The van der Waals surface area contributed by atoms with Gasteiger partial charge < -0.3 is 9.73 Å². The molecule has 0 aliphatic heterocycles. The number of hydrogen-bond donors (Lipinski definition) is 2. The number of aromatic amines is 1. The van der Waals surface area contributed by atoms with E-state index in [1.165, 1.54) is 5.56 Å². The summed E-state index contributed by atoms with van der Waals surface area (Å²) in [6.07, 6.45) is 1.17. The van der Waals surface area contributed by atoms with Gasteiger partial charge in [0.05, 0.1) is 5.52 Å². The summed E-state index contributed by atoms with van der Waals surface area (Å²) < 4.78 is 4.95. The number of oxazole rings is 1. The molecular weight excluding hydrogens is 292 g/mol. The van der Waals surface area contributed by atoms with Crippen molar-refractivity contribution in [1.82, 2.24) is 10.3 Å². The summed E-state index contributed by atoms with van der Waals surface area (Å²) in [6.45, 7) is 2.47. The SMILES string of the molecule is Cc1ccc(CCC(=O)NCc2ccc3oc(=O)[nH]c3c2)cc1. The molecule has 0 saturated heterocycles. The number of aryl methyl sites for hydroxylation is 2. The van der Waals surface area contributed by atoms with Crippen LogP contribution in [0.3, 0.4) is 0 Å². The number of carbonyl (C=O) groups is 1. The molecule has 3 rings (SSSR count). The Morgan fingerprint density at radius 3 is 2.65 bits per heavy atom. The molecule has 0 fully saturated rings. The number of rotatable bonds is 5. The molecule has 2 N–H and O–H groups in total. The third-order valence-electron chi connectivity index (χ3n) is 3.73. The van der Waals surface area contributed by atoms with E-state index in [0.29, 0.717) is 24.1 Å². The van der Waals surface area contributed by atoms with Crippen LogP contribution in [0.15, 0.2) is 51.7 Å². The summed E-state index contributed by atoms with van der Waals surface area (Å²) >= 11 is 0. The van der Waals surface area contributed by atoms with E-state index >= 15 is 0 Å². The first-order chi connectivity index (χ1) is 11.1. The van der Waals surface area contributed by atoms with Gasteiger partial charge in [-0.05, 0) is 36.6 Å². The Morgan fingerprint density at radius 2 is 1.87 bits per heavy atom. The molecule has 0 saturated carbocycles. The summed E-state index contributed by atoms with van der Waals surface area (Å²) in [5.41, 5.74) is 4.44. The van der Waals surface area contributed by atoms with E-state index in [-0.39, 0.29) is 5.91 Å². The summed E-state index contributed by atoms with van der Waals surface area (Å²) in [7, 11) is 0. The van der Waals surface area contributed by atoms with E-state index in [0.717, 1.165) is 17.5 Å². The zero-order valence-corrected chi connectivity index (χ0v) is 12.9. The van der Waals surface area contributed by atoms with E-state index < -0.39 is 5.76 Å². The first-order valence-corrected chi connectivity index (χ1v) is 7.54. The Labute approximate surface area is 133 Å². The first kappa shape index (κ1) is 15.1. The van der Waals surface area contributed by atoms with Crippen LogP contribution in [0.5, 0.6) is 0 Å². The van der Waals surface area contributed by atoms with Crippen LogP contribution in [-0.2, 0) is 17.8 Å². The number of benzene rings is 2. The molecule has 1 amide bonds. The lowest BCUT2D eigenvalue weighted by atomic mass is 10.1. The van der Waals surface area contributed by atoms with E-state index in [1.54, 1.807) is 12.1 Å². The summed E-state index contributed by atoms with van der Waals surface area (Å²) in [6, 6.07) is 13.6. The minimum Gasteiger partial charge on any atom is -0.408 e. The third kappa shape index (κ3) is 3.88. The van der Waals surface area contributed by atoms with Crippen LogP contribution in [-0.4, -0.2) is 10.9 Å². The monoisotopic (exact) mass is 310 g/mol. The van der Waals surface area contributed by atoms with Gasteiger partial charge in [-0.25, -0.2) is 4.79 Å². The highest BCUT2D eigenvalue weighted by Crippen LogP contribution is 2.12. The second-order valence-electron chi connectivity index (χ2n) is 5.61. The van der Waals surface area contributed by atoms with Crippen LogP contribution in [0.25, 0.3) is 11.1 Å². The molecular formula is C18H18N2O3. The molecule has 0 spiro atoms. The van der Waals surface area contributed by atoms with Crippen molar-refractivity contribution in [3.8, 4) is 0 Å². The number of amides is 1. The first-order valence-electron chi connectivity index (χ1n) is 7.54. The molecule has 0 atom stereocenters. The van der Waals surface area contributed by atoms with E-state index in [9.17, 15) is 9.59 Å². The van der Waals surface area contributed by atoms with Gasteiger partial charge in [-0.3, -0.25) is 9.78 Å². The second kappa shape index (κ2) is 6.52. The number of aromatic nitrogens is 1. The number of nitrogens with one attached hydrogen (secondary N) is 2. The van der Waals surface area contributed by atoms with Crippen molar-refractivity contribution in [2.24, 2.45) is 0 Å². The number of H-pyrrole nitrogens is 1. The largest absolute Gasteiger partial charge is 0.417 e. The zero-order valence-electron chi connectivity index (χ0n) is 12.9. The fourth-order valence-corrected chi connectivity index (χ4v) is 2.41. The quantitative estimate of drug-likeness (QED) is 0.761. The van der Waals surface area contributed by atoms with Gasteiger partial charge in [-0.2, -0.15) is 0 Å². The zero-order chi connectivity index (χ0) is 16.2. The maximum Gasteiger partial charge on any atom is 0.417 e. The Balaban J connectivity index is 1.53. The summed E-state index contributed by atoms with van der Waals surface area (Å²) in [4.78, 5) is 25.7. The van der Waals surface area contributed by atoms with Crippen LogP contribution in [0.2, 0.25) is 0 Å². The van der Waals surface area contributed by atoms with Crippen molar-refractivity contribution in [2.75, 3.05) is 0 Å². The smallest absolute Gasteiger partial charge is 0.408 e. The predicted octanol–water partition coefficient (Wildman–Crippen LogP) is 2.68. The number of fused-ring (bicyclic) bond motifs is 1. The highest BCUT2D eigenvalue weighted by Gasteiger charge is 2.05. The number of hydrogen-bond acceptors (Lipinski definition) is 3. The van der Waals surface area contributed by atoms with Gasteiger partial charge in [0.1, 0.15) is 0 Å². The molecule has 5 nitrogen and oxygen atoms in total. The van der Waals surface area contributed by atoms with E-state index in [1.807, 2.05) is 37.3 Å². The van der Waals surface area contributed by atoms with Crippen molar-refractivity contribution >= 4 is 17.0 Å². The molecule has 0 aliphatic carbocycles. The van der Waals surface area contributed by atoms with Crippen molar-refractivity contribution in [3.05, 3.63) is 69.7 Å². The summed E-state index contributed by atoms with van der Waals surface area (Å²) in [5.74, 6) is -0.467. The Kier molecular flexibility index (Phi) is 4.28. The fourth-order valence-electron chi connectivity index (χ4n) is 2.41. The summed E-state index contributed by atoms with van der Waals surface area (Å²) in [5, 5.41) is 2.89. The second-order valence-corrected chi connectivity index (χ2v) is 5.61. The van der Waals surface area contributed by atoms with Crippen LogP contribution >= 0.6 is 0 Å². The molecule has 0 bridgehead atoms. The topological polar surface area (TPSA) is 75.1 Å². The van der Waals surface area contributed by atoms with Crippen LogP contribution < -0.4 is 11.1 Å². The fraction of sp³-hybridized carbons (Fsp3) is 0.222. The Hall–Kier alpha value is -2.82. The predicted molar refractivity (Wildman–Crippen MR) is 88.2 cm³/mol. The van der Waals surface area contributed by atoms with Crippen LogP contribution in [0.1, 0.15) is 23.1 Å². The van der Waals surface area contributed by atoms with E-state index in [2.05, 4.69) is 10.3 Å².